The Morgan fingerprint density at radius 3 is 2.70 bits per heavy atom. The fourth-order valence-corrected chi connectivity index (χ4v) is 2.61. The van der Waals surface area contributed by atoms with Gasteiger partial charge >= 0.3 is 0 Å². The number of benzene rings is 2. The van der Waals surface area contributed by atoms with Crippen molar-refractivity contribution in [2.24, 2.45) is 4.99 Å². The molecule has 1 unspecified atom stereocenters. The lowest BCUT2D eigenvalue weighted by Gasteiger charge is -2.18. The summed E-state index contributed by atoms with van der Waals surface area (Å²) in [5.41, 5.74) is 2.66. The molecule has 0 heterocycles. The zero-order valence-corrected chi connectivity index (χ0v) is 16.4. The molecule has 0 aromatic heterocycles. The molecule has 0 saturated carbocycles. The Morgan fingerprint density at radius 2 is 2.00 bits per heavy atom. The highest BCUT2D eigenvalue weighted by molar-refractivity contribution is 5.79. The summed E-state index contributed by atoms with van der Waals surface area (Å²) in [6.07, 6.45) is -0.0236. The van der Waals surface area contributed by atoms with Crippen molar-refractivity contribution in [3.63, 3.8) is 0 Å². The number of ether oxygens (including phenoxy) is 2. The molecule has 0 aliphatic carbocycles. The van der Waals surface area contributed by atoms with Gasteiger partial charge in [0, 0.05) is 26.3 Å². The van der Waals surface area contributed by atoms with Crippen LogP contribution in [0.1, 0.15) is 23.6 Å². The maximum atomic E-state index is 13.7. The molecular weight excluding hydrogens is 345 g/mol. The molecule has 0 aliphatic rings. The van der Waals surface area contributed by atoms with E-state index < -0.39 is 0 Å². The summed E-state index contributed by atoms with van der Waals surface area (Å²) in [6, 6.07) is 13.0. The third kappa shape index (κ3) is 6.90. The van der Waals surface area contributed by atoms with Crippen molar-refractivity contribution >= 4 is 5.96 Å². The van der Waals surface area contributed by atoms with Crippen LogP contribution in [-0.2, 0) is 17.9 Å². The fraction of sp³-hybridized carbons (Fsp3) is 0.381. The molecule has 0 spiro atoms. The van der Waals surface area contributed by atoms with Crippen LogP contribution in [0.2, 0.25) is 0 Å². The molecule has 5 nitrogen and oxygen atoms in total. The zero-order chi connectivity index (χ0) is 19.6. The van der Waals surface area contributed by atoms with E-state index in [-0.39, 0.29) is 18.5 Å². The molecule has 0 amide bonds. The highest BCUT2D eigenvalue weighted by Gasteiger charge is 2.07. The predicted octanol–water partition coefficient (Wildman–Crippen LogP) is 3.41. The molecule has 27 heavy (non-hydrogen) atoms. The standard InChI is InChI=1S/C21H28FN3O2/c1-15-6-5-7-19(10-15)27-16(2)12-24-21(23-3)25-13-17-8-9-20(22)18(11-17)14-26-4/h5-11,16H,12-14H2,1-4H3,(H2,23,24,25). The van der Waals surface area contributed by atoms with Crippen molar-refractivity contribution in [2.45, 2.75) is 33.1 Å². The molecule has 146 valence electrons. The van der Waals surface area contributed by atoms with E-state index in [1.807, 2.05) is 38.1 Å². The number of aryl methyl sites for hydroxylation is 1. The molecule has 2 rings (SSSR count). The van der Waals surface area contributed by atoms with E-state index in [9.17, 15) is 4.39 Å². The van der Waals surface area contributed by atoms with E-state index in [0.717, 1.165) is 16.9 Å². The molecule has 2 N–H and O–H groups in total. The van der Waals surface area contributed by atoms with Crippen LogP contribution >= 0.6 is 0 Å². The van der Waals surface area contributed by atoms with Gasteiger partial charge in [-0.05, 0) is 49.2 Å². The van der Waals surface area contributed by atoms with Crippen molar-refractivity contribution in [3.8, 4) is 5.75 Å². The third-order valence-corrected chi connectivity index (χ3v) is 3.98. The van der Waals surface area contributed by atoms with E-state index in [1.54, 1.807) is 26.3 Å². The van der Waals surface area contributed by atoms with Gasteiger partial charge in [0.2, 0.25) is 0 Å². The Morgan fingerprint density at radius 1 is 1.19 bits per heavy atom. The molecule has 2 aromatic carbocycles. The van der Waals surface area contributed by atoms with Crippen LogP contribution in [0.5, 0.6) is 5.75 Å². The van der Waals surface area contributed by atoms with Gasteiger partial charge in [-0.25, -0.2) is 4.39 Å². The van der Waals surface area contributed by atoms with Gasteiger partial charge in [0.25, 0.3) is 0 Å². The van der Waals surface area contributed by atoms with Gasteiger partial charge in [0.05, 0.1) is 13.2 Å². The molecule has 0 aliphatic heterocycles. The van der Waals surface area contributed by atoms with Crippen LogP contribution in [0.25, 0.3) is 0 Å². The van der Waals surface area contributed by atoms with Gasteiger partial charge in [0.1, 0.15) is 17.7 Å². The summed E-state index contributed by atoms with van der Waals surface area (Å²) in [5.74, 6) is 1.25. The maximum Gasteiger partial charge on any atom is 0.191 e. The lowest BCUT2D eigenvalue weighted by Crippen LogP contribution is -2.41. The number of halogens is 1. The van der Waals surface area contributed by atoms with Gasteiger partial charge in [0.15, 0.2) is 5.96 Å². The minimum Gasteiger partial charge on any atom is -0.489 e. The van der Waals surface area contributed by atoms with Crippen molar-refractivity contribution in [1.29, 1.82) is 0 Å². The van der Waals surface area contributed by atoms with Crippen LogP contribution in [0.15, 0.2) is 47.5 Å². The van der Waals surface area contributed by atoms with Gasteiger partial charge in [-0.2, -0.15) is 0 Å². The zero-order valence-electron chi connectivity index (χ0n) is 16.4. The van der Waals surface area contributed by atoms with Crippen molar-refractivity contribution < 1.29 is 13.9 Å². The summed E-state index contributed by atoms with van der Waals surface area (Å²) in [4.78, 5) is 4.21. The highest BCUT2D eigenvalue weighted by Crippen LogP contribution is 2.14. The van der Waals surface area contributed by atoms with Gasteiger partial charge in [-0.1, -0.05) is 18.2 Å². The first-order chi connectivity index (χ1) is 13.0. The molecular formula is C21H28FN3O2. The van der Waals surface area contributed by atoms with Crippen LogP contribution in [0.3, 0.4) is 0 Å². The van der Waals surface area contributed by atoms with Gasteiger partial charge < -0.3 is 20.1 Å². The van der Waals surface area contributed by atoms with E-state index in [0.29, 0.717) is 24.6 Å². The van der Waals surface area contributed by atoms with Crippen LogP contribution in [0, 0.1) is 12.7 Å². The molecule has 0 radical (unpaired) electrons. The van der Waals surface area contributed by atoms with Gasteiger partial charge in [-0.3, -0.25) is 4.99 Å². The first-order valence-electron chi connectivity index (χ1n) is 8.96. The minimum atomic E-state index is -0.259. The number of aliphatic imine (C=N–C) groups is 1. The topological polar surface area (TPSA) is 54.9 Å². The molecule has 1 atom stereocenters. The minimum absolute atomic E-state index is 0.0236. The predicted molar refractivity (Wildman–Crippen MR) is 107 cm³/mol. The normalized spacial score (nSPS) is 12.6. The Kier molecular flexibility index (Phi) is 8.07. The van der Waals surface area contributed by atoms with Crippen molar-refractivity contribution in [2.75, 3.05) is 20.7 Å². The summed E-state index contributed by atoms with van der Waals surface area (Å²) < 4.78 is 24.6. The smallest absolute Gasteiger partial charge is 0.191 e. The monoisotopic (exact) mass is 373 g/mol. The summed E-state index contributed by atoms with van der Waals surface area (Å²) in [5, 5.41) is 6.46. The van der Waals surface area contributed by atoms with Crippen LogP contribution in [-0.4, -0.2) is 32.8 Å². The highest BCUT2D eigenvalue weighted by atomic mass is 19.1. The quantitative estimate of drug-likeness (QED) is 0.550. The van der Waals surface area contributed by atoms with Crippen LogP contribution in [0.4, 0.5) is 4.39 Å². The largest absolute Gasteiger partial charge is 0.489 e. The number of methoxy groups -OCH3 is 1. The van der Waals surface area contributed by atoms with Crippen molar-refractivity contribution in [1.82, 2.24) is 10.6 Å². The Bertz CT molecular complexity index is 765. The maximum absolute atomic E-state index is 13.7. The number of nitrogens with zero attached hydrogens (tertiary/aromatic N) is 1. The Hall–Kier alpha value is -2.60. The average molecular weight is 373 g/mol. The Balaban J connectivity index is 1.82. The number of guanidine groups is 1. The number of hydrogen-bond donors (Lipinski definition) is 2. The average Bonchev–Trinajstić information content (AvgIpc) is 2.64. The number of hydrogen-bond acceptors (Lipinski definition) is 3. The molecule has 6 heteroatoms. The molecule has 0 saturated heterocycles. The third-order valence-electron chi connectivity index (χ3n) is 3.98. The van der Waals surface area contributed by atoms with E-state index in [4.69, 9.17) is 9.47 Å². The van der Waals surface area contributed by atoms with E-state index in [2.05, 4.69) is 15.6 Å². The lowest BCUT2D eigenvalue weighted by atomic mass is 10.1. The lowest BCUT2D eigenvalue weighted by molar-refractivity contribution is 0.181. The first-order valence-corrected chi connectivity index (χ1v) is 8.96. The molecule has 0 bridgehead atoms. The van der Waals surface area contributed by atoms with Crippen molar-refractivity contribution in [3.05, 3.63) is 65.0 Å². The SMILES string of the molecule is CN=C(NCc1ccc(F)c(COC)c1)NCC(C)Oc1cccc(C)c1. The summed E-state index contributed by atoms with van der Waals surface area (Å²) in [7, 11) is 3.26. The number of rotatable bonds is 8. The van der Waals surface area contributed by atoms with Gasteiger partial charge in [-0.15, -0.1) is 0 Å². The second-order valence-corrected chi connectivity index (χ2v) is 6.41. The fourth-order valence-electron chi connectivity index (χ4n) is 2.61. The van der Waals surface area contributed by atoms with Crippen LogP contribution < -0.4 is 15.4 Å². The second kappa shape index (κ2) is 10.5. The molecule has 0 fully saturated rings. The summed E-state index contributed by atoms with van der Waals surface area (Å²) >= 11 is 0. The van der Waals surface area contributed by atoms with E-state index >= 15 is 0 Å². The Labute approximate surface area is 160 Å². The first kappa shape index (κ1) is 20.7. The molecule has 2 aromatic rings. The van der Waals surface area contributed by atoms with E-state index in [1.165, 1.54) is 6.07 Å². The summed E-state index contributed by atoms with van der Waals surface area (Å²) in [6.45, 7) is 5.42. The number of nitrogens with one attached hydrogen (secondary N) is 2. The second-order valence-electron chi connectivity index (χ2n) is 6.41.